The summed E-state index contributed by atoms with van der Waals surface area (Å²) in [7, 11) is 0. The topological polar surface area (TPSA) is 117 Å². The van der Waals surface area contributed by atoms with Crippen LogP contribution in [0.4, 0.5) is 4.79 Å². The van der Waals surface area contributed by atoms with E-state index in [0.717, 1.165) is 11.1 Å². The first-order valence-corrected chi connectivity index (χ1v) is 11.4. The summed E-state index contributed by atoms with van der Waals surface area (Å²) in [6.45, 7) is 6.72. The number of rotatable bonds is 10. The average molecular weight is 470 g/mol. The minimum atomic E-state index is -1.53. The molecule has 2 aromatic carbocycles. The Bertz CT molecular complexity index is 889. The Morgan fingerprint density at radius 1 is 0.912 bits per heavy atom. The van der Waals surface area contributed by atoms with E-state index in [9.17, 15) is 19.5 Å². The third kappa shape index (κ3) is 8.86. The van der Waals surface area contributed by atoms with Gasteiger partial charge in [-0.25, -0.2) is 4.79 Å². The minimum absolute atomic E-state index is 0.322. The molecule has 2 rings (SSSR count). The molecule has 0 heterocycles. The number of nitrogens with one attached hydrogen (secondary N) is 3. The SMILES string of the molecule is CCCC(NC(=O)OC(C)(C)C)C(O)C(=O)NCC(=O)NC(c1ccccc1)c1ccccc1. The van der Waals surface area contributed by atoms with Crippen LogP contribution in [0.15, 0.2) is 60.7 Å². The van der Waals surface area contributed by atoms with Crippen LogP contribution >= 0.6 is 0 Å². The number of carbonyl (C=O) groups is 3. The van der Waals surface area contributed by atoms with Gasteiger partial charge in [0.2, 0.25) is 5.91 Å². The summed E-state index contributed by atoms with van der Waals surface area (Å²) in [5.74, 6) is -1.16. The first-order chi connectivity index (χ1) is 16.1. The van der Waals surface area contributed by atoms with E-state index in [1.165, 1.54) is 0 Å². The van der Waals surface area contributed by atoms with Gasteiger partial charge in [0.25, 0.3) is 5.91 Å². The fourth-order valence-electron chi connectivity index (χ4n) is 3.40. The lowest BCUT2D eigenvalue weighted by atomic mass is 9.99. The highest BCUT2D eigenvalue weighted by Crippen LogP contribution is 2.21. The van der Waals surface area contributed by atoms with E-state index in [2.05, 4.69) is 16.0 Å². The summed E-state index contributed by atoms with van der Waals surface area (Å²) in [6.07, 6.45) is -1.26. The van der Waals surface area contributed by atoms with Crippen LogP contribution in [-0.2, 0) is 14.3 Å². The predicted octanol–water partition coefficient (Wildman–Crippen LogP) is 3.06. The highest BCUT2D eigenvalue weighted by molar-refractivity contribution is 5.87. The number of hydrogen-bond acceptors (Lipinski definition) is 5. The maximum absolute atomic E-state index is 12.7. The van der Waals surface area contributed by atoms with E-state index in [1.54, 1.807) is 20.8 Å². The molecule has 2 atom stereocenters. The average Bonchev–Trinajstić information content (AvgIpc) is 2.80. The molecule has 184 valence electrons. The van der Waals surface area contributed by atoms with Crippen molar-refractivity contribution in [3.05, 3.63) is 71.8 Å². The summed E-state index contributed by atoms with van der Waals surface area (Å²) >= 11 is 0. The van der Waals surface area contributed by atoms with E-state index in [-0.39, 0.29) is 6.54 Å². The highest BCUT2D eigenvalue weighted by atomic mass is 16.6. The summed E-state index contributed by atoms with van der Waals surface area (Å²) in [5.41, 5.74) is 1.09. The zero-order valence-corrected chi connectivity index (χ0v) is 20.2. The lowest BCUT2D eigenvalue weighted by Crippen LogP contribution is -2.52. The third-order valence-corrected chi connectivity index (χ3v) is 4.95. The largest absolute Gasteiger partial charge is 0.444 e. The molecule has 8 nitrogen and oxygen atoms in total. The van der Waals surface area contributed by atoms with Gasteiger partial charge >= 0.3 is 6.09 Å². The summed E-state index contributed by atoms with van der Waals surface area (Å²) in [5, 5.41) is 18.4. The van der Waals surface area contributed by atoms with E-state index in [1.807, 2.05) is 67.6 Å². The Morgan fingerprint density at radius 2 is 1.44 bits per heavy atom. The third-order valence-electron chi connectivity index (χ3n) is 4.95. The Hall–Kier alpha value is -3.39. The zero-order valence-electron chi connectivity index (χ0n) is 20.2. The molecular weight excluding hydrogens is 434 g/mol. The van der Waals surface area contributed by atoms with Gasteiger partial charge in [0.1, 0.15) is 5.60 Å². The van der Waals surface area contributed by atoms with Crippen LogP contribution in [0.5, 0.6) is 0 Å². The number of benzene rings is 2. The van der Waals surface area contributed by atoms with Crippen molar-refractivity contribution in [2.24, 2.45) is 0 Å². The van der Waals surface area contributed by atoms with Crippen LogP contribution < -0.4 is 16.0 Å². The molecule has 3 amide bonds. The molecule has 2 aromatic rings. The van der Waals surface area contributed by atoms with Crippen molar-refractivity contribution in [2.75, 3.05) is 6.54 Å². The maximum Gasteiger partial charge on any atom is 0.407 e. The van der Waals surface area contributed by atoms with Crippen molar-refractivity contribution in [1.29, 1.82) is 0 Å². The lowest BCUT2D eigenvalue weighted by molar-refractivity contribution is -0.133. The van der Waals surface area contributed by atoms with Gasteiger partial charge in [-0.2, -0.15) is 0 Å². The first kappa shape index (κ1) is 26.9. The molecule has 34 heavy (non-hydrogen) atoms. The highest BCUT2D eigenvalue weighted by Gasteiger charge is 2.29. The Labute approximate surface area is 201 Å². The summed E-state index contributed by atoms with van der Waals surface area (Å²) in [6, 6.07) is 17.8. The molecule has 8 heteroatoms. The number of ether oxygens (including phenoxy) is 1. The molecule has 2 unspecified atom stereocenters. The standard InChI is InChI=1S/C26H35N3O5/c1-5-12-20(28-25(33)34-26(2,3)4)23(31)24(32)27-17-21(30)29-22(18-13-8-6-9-14-18)19-15-10-7-11-16-19/h6-11,13-16,20,22-23,31H,5,12,17H2,1-4H3,(H,27,32)(H,28,33)(H,29,30). The van der Waals surface area contributed by atoms with Crippen LogP contribution in [-0.4, -0.2) is 47.3 Å². The van der Waals surface area contributed by atoms with Crippen molar-refractivity contribution in [3.8, 4) is 0 Å². The minimum Gasteiger partial charge on any atom is -0.444 e. The van der Waals surface area contributed by atoms with Crippen LogP contribution in [0.25, 0.3) is 0 Å². The summed E-state index contributed by atoms with van der Waals surface area (Å²) in [4.78, 5) is 37.3. The predicted molar refractivity (Wildman–Crippen MR) is 130 cm³/mol. The van der Waals surface area contributed by atoms with Gasteiger partial charge in [0.05, 0.1) is 18.6 Å². The second-order valence-corrected chi connectivity index (χ2v) is 9.03. The molecule has 0 aliphatic rings. The van der Waals surface area contributed by atoms with E-state index in [4.69, 9.17) is 4.74 Å². The van der Waals surface area contributed by atoms with Crippen molar-refractivity contribution >= 4 is 17.9 Å². The number of hydrogen-bond donors (Lipinski definition) is 4. The Balaban J connectivity index is 1.98. The number of amides is 3. The monoisotopic (exact) mass is 469 g/mol. The molecule has 0 fully saturated rings. The van der Waals surface area contributed by atoms with Crippen molar-refractivity contribution in [1.82, 2.24) is 16.0 Å². The molecule has 4 N–H and O–H groups in total. The van der Waals surface area contributed by atoms with E-state index < -0.39 is 41.7 Å². The van der Waals surface area contributed by atoms with Gasteiger partial charge in [0.15, 0.2) is 6.10 Å². The number of carbonyl (C=O) groups excluding carboxylic acids is 3. The normalized spacial score (nSPS) is 13.0. The molecule has 0 aliphatic carbocycles. The van der Waals surface area contributed by atoms with Crippen molar-refractivity contribution in [3.63, 3.8) is 0 Å². The number of alkyl carbamates (subject to hydrolysis) is 1. The second kappa shape index (κ2) is 12.7. The van der Waals surface area contributed by atoms with Crippen LogP contribution in [0.2, 0.25) is 0 Å². The molecular formula is C26H35N3O5. The van der Waals surface area contributed by atoms with Gasteiger partial charge in [-0.15, -0.1) is 0 Å². The van der Waals surface area contributed by atoms with Crippen LogP contribution in [0.3, 0.4) is 0 Å². The fraction of sp³-hybridized carbons (Fsp3) is 0.423. The molecule has 0 spiro atoms. The van der Waals surface area contributed by atoms with Gasteiger partial charge < -0.3 is 25.8 Å². The smallest absolute Gasteiger partial charge is 0.407 e. The van der Waals surface area contributed by atoms with Gasteiger partial charge in [-0.3, -0.25) is 9.59 Å². The Morgan fingerprint density at radius 3 is 1.91 bits per heavy atom. The fourth-order valence-corrected chi connectivity index (χ4v) is 3.40. The molecule has 0 bridgehead atoms. The van der Waals surface area contributed by atoms with Gasteiger partial charge in [0, 0.05) is 0 Å². The second-order valence-electron chi connectivity index (χ2n) is 9.03. The maximum atomic E-state index is 12.7. The lowest BCUT2D eigenvalue weighted by Gasteiger charge is -2.26. The van der Waals surface area contributed by atoms with Gasteiger partial charge in [-0.1, -0.05) is 74.0 Å². The molecule has 0 radical (unpaired) electrons. The van der Waals surface area contributed by atoms with Crippen LogP contribution in [0, 0.1) is 0 Å². The molecule has 0 saturated heterocycles. The molecule has 0 saturated carbocycles. The first-order valence-electron chi connectivity index (χ1n) is 11.4. The van der Waals surface area contributed by atoms with Crippen molar-refractivity contribution in [2.45, 2.75) is 64.3 Å². The van der Waals surface area contributed by atoms with Crippen LogP contribution in [0.1, 0.15) is 57.7 Å². The zero-order chi connectivity index (χ0) is 25.1. The Kier molecular flexibility index (Phi) is 10.1. The summed E-state index contributed by atoms with van der Waals surface area (Å²) < 4.78 is 5.21. The van der Waals surface area contributed by atoms with E-state index >= 15 is 0 Å². The van der Waals surface area contributed by atoms with Gasteiger partial charge in [-0.05, 0) is 38.3 Å². The van der Waals surface area contributed by atoms with E-state index in [0.29, 0.717) is 12.8 Å². The number of aliphatic hydroxyl groups excluding tert-OH is 1. The molecule has 0 aromatic heterocycles. The quantitative estimate of drug-likeness (QED) is 0.427. The number of aliphatic hydroxyl groups is 1. The van der Waals surface area contributed by atoms with Crippen molar-refractivity contribution < 1.29 is 24.2 Å². The molecule has 0 aliphatic heterocycles.